The number of rotatable bonds is 5. The molecule has 0 amide bonds. The molecule has 0 saturated heterocycles. The van der Waals surface area contributed by atoms with Gasteiger partial charge < -0.3 is 9.64 Å². The lowest BCUT2D eigenvalue weighted by Gasteiger charge is -2.18. The molecule has 16 heavy (non-hydrogen) atoms. The van der Waals surface area contributed by atoms with Crippen LogP contribution in [0.2, 0.25) is 0 Å². The van der Waals surface area contributed by atoms with Crippen LogP contribution < -0.4 is 0 Å². The molecule has 0 bridgehead atoms. The highest BCUT2D eigenvalue weighted by Gasteiger charge is 2.17. The number of esters is 1. The van der Waals surface area contributed by atoms with Crippen molar-refractivity contribution >= 4 is 49.2 Å². The van der Waals surface area contributed by atoms with Gasteiger partial charge in [-0.1, -0.05) is 15.9 Å². The number of hydrogen-bond acceptors (Lipinski definition) is 4. The summed E-state index contributed by atoms with van der Waals surface area (Å²) < 4.78 is 5.77. The SMILES string of the molecule is COC(=O)C(Br)CN(C)Cc1csc(Br)c1. The second-order valence-electron chi connectivity index (χ2n) is 3.45. The van der Waals surface area contributed by atoms with E-state index in [2.05, 4.69) is 52.9 Å². The molecule has 0 aliphatic rings. The number of ether oxygens (including phenoxy) is 1. The molecule has 0 N–H and O–H groups in total. The third-order valence-electron chi connectivity index (χ3n) is 2.00. The summed E-state index contributed by atoms with van der Waals surface area (Å²) >= 11 is 8.39. The van der Waals surface area contributed by atoms with Crippen molar-refractivity contribution in [2.24, 2.45) is 0 Å². The molecule has 90 valence electrons. The predicted octanol–water partition coefficient (Wildman–Crippen LogP) is 2.88. The first-order valence-corrected chi connectivity index (χ1v) is 7.25. The second kappa shape index (κ2) is 6.74. The Bertz CT molecular complexity index is 356. The van der Waals surface area contributed by atoms with E-state index in [0.29, 0.717) is 6.54 Å². The van der Waals surface area contributed by atoms with Crippen LogP contribution in [0.25, 0.3) is 0 Å². The van der Waals surface area contributed by atoms with Crippen molar-refractivity contribution < 1.29 is 9.53 Å². The summed E-state index contributed by atoms with van der Waals surface area (Å²) in [6, 6.07) is 2.09. The lowest BCUT2D eigenvalue weighted by atomic mass is 10.3. The second-order valence-corrected chi connectivity index (χ2v) is 6.84. The number of carbonyl (C=O) groups excluding carboxylic acids is 1. The molecule has 3 nitrogen and oxygen atoms in total. The summed E-state index contributed by atoms with van der Waals surface area (Å²) in [6.45, 7) is 1.45. The Morgan fingerprint density at radius 3 is 2.88 bits per heavy atom. The molecule has 1 atom stereocenters. The van der Waals surface area contributed by atoms with Gasteiger partial charge in [-0.3, -0.25) is 4.79 Å². The van der Waals surface area contributed by atoms with Gasteiger partial charge in [0.05, 0.1) is 10.9 Å². The van der Waals surface area contributed by atoms with Crippen LogP contribution in [0.1, 0.15) is 5.56 Å². The minimum absolute atomic E-state index is 0.238. The van der Waals surface area contributed by atoms with Crippen molar-refractivity contribution in [2.45, 2.75) is 11.4 Å². The molecular weight excluding hydrogens is 358 g/mol. The number of alkyl halides is 1. The minimum atomic E-state index is -0.274. The minimum Gasteiger partial charge on any atom is -0.468 e. The number of methoxy groups -OCH3 is 1. The molecule has 0 aromatic carbocycles. The highest BCUT2D eigenvalue weighted by Crippen LogP contribution is 2.21. The van der Waals surface area contributed by atoms with E-state index < -0.39 is 0 Å². The van der Waals surface area contributed by atoms with Crippen LogP contribution in [0.15, 0.2) is 15.2 Å². The summed E-state index contributed by atoms with van der Waals surface area (Å²) in [5.74, 6) is -0.238. The summed E-state index contributed by atoms with van der Waals surface area (Å²) in [6.07, 6.45) is 0. The molecule has 0 spiro atoms. The van der Waals surface area contributed by atoms with E-state index >= 15 is 0 Å². The Morgan fingerprint density at radius 2 is 2.38 bits per heavy atom. The van der Waals surface area contributed by atoms with Crippen LogP contribution in [0, 0.1) is 0 Å². The van der Waals surface area contributed by atoms with Crippen molar-refractivity contribution in [1.82, 2.24) is 4.90 Å². The Balaban J connectivity index is 2.41. The van der Waals surface area contributed by atoms with Gasteiger partial charge in [0, 0.05) is 13.1 Å². The lowest BCUT2D eigenvalue weighted by molar-refractivity contribution is -0.140. The van der Waals surface area contributed by atoms with E-state index in [-0.39, 0.29) is 10.8 Å². The van der Waals surface area contributed by atoms with Gasteiger partial charge in [0.25, 0.3) is 0 Å². The molecule has 1 aromatic heterocycles. The van der Waals surface area contributed by atoms with Crippen molar-refractivity contribution in [3.05, 3.63) is 20.8 Å². The van der Waals surface area contributed by atoms with E-state index in [4.69, 9.17) is 0 Å². The summed E-state index contributed by atoms with van der Waals surface area (Å²) in [5, 5.41) is 2.10. The zero-order valence-corrected chi connectivity index (χ0v) is 13.1. The zero-order valence-electron chi connectivity index (χ0n) is 9.07. The van der Waals surface area contributed by atoms with Gasteiger partial charge in [-0.05, 0) is 40.0 Å². The maximum atomic E-state index is 11.2. The molecule has 0 saturated carbocycles. The lowest BCUT2D eigenvalue weighted by Crippen LogP contribution is -2.31. The maximum Gasteiger partial charge on any atom is 0.320 e. The normalized spacial score (nSPS) is 12.8. The van der Waals surface area contributed by atoms with Gasteiger partial charge in [0.2, 0.25) is 0 Å². The van der Waals surface area contributed by atoms with E-state index in [0.717, 1.165) is 10.3 Å². The average Bonchev–Trinajstić information content (AvgIpc) is 2.62. The van der Waals surface area contributed by atoms with Crippen LogP contribution >= 0.6 is 43.2 Å². The Kier molecular flexibility index (Phi) is 5.96. The number of nitrogens with zero attached hydrogens (tertiary/aromatic N) is 1. The van der Waals surface area contributed by atoms with E-state index in [1.54, 1.807) is 11.3 Å². The Morgan fingerprint density at radius 1 is 1.69 bits per heavy atom. The van der Waals surface area contributed by atoms with E-state index in [1.807, 2.05) is 7.05 Å². The highest BCUT2D eigenvalue weighted by molar-refractivity contribution is 9.11. The first-order chi connectivity index (χ1) is 7.52. The third-order valence-corrected chi connectivity index (χ3v) is 4.22. The fourth-order valence-corrected chi connectivity index (χ4v) is 3.16. The first-order valence-electron chi connectivity index (χ1n) is 4.66. The summed E-state index contributed by atoms with van der Waals surface area (Å²) in [5.41, 5.74) is 1.24. The molecule has 0 fully saturated rings. The quantitative estimate of drug-likeness (QED) is 0.589. The highest BCUT2D eigenvalue weighted by atomic mass is 79.9. The third kappa shape index (κ3) is 4.53. The van der Waals surface area contributed by atoms with Crippen molar-refractivity contribution in [2.75, 3.05) is 20.7 Å². The molecule has 1 heterocycles. The number of halogens is 2. The molecule has 1 rings (SSSR count). The van der Waals surface area contributed by atoms with Crippen molar-refractivity contribution in [1.29, 1.82) is 0 Å². The number of hydrogen-bond donors (Lipinski definition) is 0. The van der Waals surface area contributed by atoms with Gasteiger partial charge >= 0.3 is 5.97 Å². The van der Waals surface area contributed by atoms with Gasteiger partial charge in [0.15, 0.2) is 0 Å². The molecule has 6 heteroatoms. The first kappa shape index (κ1) is 14.2. The molecule has 1 aromatic rings. The van der Waals surface area contributed by atoms with Gasteiger partial charge in [-0.2, -0.15) is 0 Å². The number of carbonyl (C=O) groups is 1. The molecule has 0 aliphatic heterocycles. The standard InChI is InChI=1S/C10H13Br2NO2S/c1-13(5-8(11)10(14)15-2)4-7-3-9(12)16-6-7/h3,6,8H,4-5H2,1-2H3. The molecular formula is C10H13Br2NO2S. The van der Waals surface area contributed by atoms with Gasteiger partial charge in [-0.15, -0.1) is 11.3 Å². The Labute approximate surface area is 116 Å². The van der Waals surface area contributed by atoms with Gasteiger partial charge in [-0.25, -0.2) is 0 Å². The van der Waals surface area contributed by atoms with Crippen LogP contribution in [0.4, 0.5) is 0 Å². The number of thiophene rings is 1. The molecule has 0 radical (unpaired) electrons. The van der Waals surface area contributed by atoms with E-state index in [9.17, 15) is 4.79 Å². The predicted molar refractivity (Wildman–Crippen MR) is 73.1 cm³/mol. The molecule has 0 aliphatic carbocycles. The monoisotopic (exact) mass is 369 g/mol. The average molecular weight is 371 g/mol. The van der Waals surface area contributed by atoms with Crippen molar-refractivity contribution in [3.63, 3.8) is 0 Å². The van der Waals surface area contributed by atoms with Crippen molar-refractivity contribution in [3.8, 4) is 0 Å². The Hall–Kier alpha value is 0.0900. The molecule has 1 unspecified atom stereocenters. The van der Waals surface area contributed by atoms with Gasteiger partial charge in [0.1, 0.15) is 4.83 Å². The smallest absolute Gasteiger partial charge is 0.320 e. The van der Waals surface area contributed by atoms with Crippen LogP contribution in [-0.2, 0) is 16.1 Å². The fourth-order valence-electron chi connectivity index (χ4n) is 1.28. The van der Waals surface area contributed by atoms with E-state index in [1.165, 1.54) is 12.7 Å². The largest absolute Gasteiger partial charge is 0.468 e. The fraction of sp³-hybridized carbons (Fsp3) is 0.500. The van der Waals surface area contributed by atoms with Crippen LogP contribution in [0.5, 0.6) is 0 Å². The van der Waals surface area contributed by atoms with Crippen LogP contribution in [-0.4, -0.2) is 36.4 Å². The summed E-state index contributed by atoms with van der Waals surface area (Å²) in [7, 11) is 3.37. The zero-order chi connectivity index (χ0) is 12.1. The maximum absolute atomic E-state index is 11.2. The topological polar surface area (TPSA) is 29.5 Å². The summed E-state index contributed by atoms with van der Waals surface area (Å²) in [4.78, 5) is 13.0. The van der Waals surface area contributed by atoms with Crippen LogP contribution in [0.3, 0.4) is 0 Å².